The Morgan fingerprint density at radius 1 is 1.06 bits per heavy atom. The largest absolute Gasteiger partial charge is 0.395 e. The zero-order valence-corrected chi connectivity index (χ0v) is 20.5. The van der Waals surface area contributed by atoms with Crippen LogP contribution in [0.3, 0.4) is 0 Å². The highest BCUT2D eigenvalue weighted by Crippen LogP contribution is 2.29. The molecule has 1 aliphatic heterocycles. The number of nitrogens with one attached hydrogen (secondary N) is 2. The Labute approximate surface area is 212 Å². The maximum Gasteiger partial charge on any atom is 0.276 e. The van der Waals surface area contributed by atoms with Crippen LogP contribution in [-0.2, 0) is 0 Å². The van der Waals surface area contributed by atoms with Crippen LogP contribution in [0.25, 0.3) is 22.6 Å². The minimum absolute atomic E-state index is 0.194. The van der Waals surface area contributed by atoms with Gasteiger partial charge in [0.1, 0.15) is 17.2 Å². The van der Waals surface area contributed by atoms with Gasteiger partial charge in [-0.1, -0.05) is 23.7 Å². The number of aliphatic hydroxyl groups is 1. The van der Waals surface area contributed by atoms with E-state index in [4.69, 9.17) is 21.7 Å². The van der Waals surface area contributed by atoms with Crippen molar-refractivity contribution in [3.05, 3.63) is 70.8 Å². The van der Waals surface area contributed by atoms with Crippen LogP contribution in [0.1, 0.15) is 10.5 Å². The van der Waals surface area contributed by atoms with Gasteiger partial charge < -0.3 is 15.0 Å². The van der Waals surface area contributed by atoms with E-state index in [2.05, 4.69) is 37.2 Å². The molecule has 2 aromatic heterocycles. The van der Waals surface area contributed by atoms with Gasteiger partial charge in [0.2, 0.25) is 0 Å². The molecule has 1 fully saturated rings. The lowest BCUT2D eigenvalue weighted by Crippen LogP contribution is -2.47. The number of hydrogen-bond donors (Lipinski definition) is 3. The number of carbonyl (C=O) groups excluding carboxylic acids is 1. The average molecular weight is 509 g/mol. The topological polar surface area (TPSA) is 97.4 Å². The molecule has 2 aromatic carbocycles. The van der Waals surface area contributed by atoms with Gasteiger partial charge in [-0.3, -0.25) is 15.0 Å². The number of benzene rings is 2. The summed E-state index contributed by atoms with van der Waals surface area (Å²) < 4.78 is 0. The van der Waals surface area contributed by atoms with Crippen LogP contribution in [0.15, 0.2) is 60.1 Å². The molecule has 3 N–H and O–H groups in total. The highest BCUT2D eigenvalue weighted by atomic mass is 35.5. The minimum Gasteiger partial charge on any atom is -0.395 e. The monoisotopic (exact) mass is 508 g/mol. The van der Waals surface area contributed by atoms with Crippen molar-refractivity contribution in [1.29, 1.82) is 0 Å². The first-order chi connectivity index (χ1) is 17.1. The number of anilines is 2. The van der Waals surface area contributed by atoms with Crippen LogP contribution in [0.5, 0.6) is 0 Å². The molecule has 180 valence electrons. The molecule has 0 saturated carbocycles. The Bertz CT molecular complexity index is 1270. The van der Waals surface area contributed by atoms with E-state index in [1.807, 2.05) is 29.6 Å². The Morgan fingerprint density at radius 3 is 2.43 bits per heavy atom. The summed E-state index contributed by atoms with van der Waals surface area (Å²) in [6.45, 7) is 4.62. The van der Waals surface area contributed by atoms with Gasteiger partial charge in [-0.2, -0.15) is 0 Å². The summed E-state index contributed by atoms with van der Waals surface area (Å²) in [6.07, 6.45) is 1.65. The lowest BCUT2D eigenvalue weighted by Gasteiger charge is -2.35. The average Bonchev–Trinajstić information content (AvgIpc) is 3.56. The van der Waals surface area contributed by atoms with E-state index in [0.717, 1.165) is 49.5 Å². The number of hydrogen-bond acceptors (Lipinski definition) is 7. The number of piperazine rings is 1. The second kappa shape index (κ2) is 10.6. The summed E-state index contributed by atoms with van der Waals surface area (Å²) in [5, 5.41) is 14.9. The fourth-order valence-electron chi connectivity index (χ4n) is 4.14. The Balaban J connectivity index is 1.40. The van der Waals surface area contributed by atoms with Crippen LogP contribution in [0.2, 0.25) is 5.02 Å². The van der Waals surface area contributed by atoms with Crippen molar-refractivity contribution in [3.8, 4) is 22.6 Å². The number of amides is 1. The lowest BCUT2D eigenvalue weighted by atomic mass is 10.1. The third-order valence-electron chi connectivity index (χ3n) is 6.00. The normalized spacial score (nSPS) is 14.3. The number of carbonyl (C=O) groups is 1. The number of halogens is 1. The fraction of sp³-hybridized carbons (Fsp3) is 0.240. The van der Waals surface area contributed by atoms with E-state index in [1.165, 1.54) is 11.3 Å². The smallest absolute Gasteiger partial charge is 0.276 e. The van der Waals surface area contributed by atoms with Crippen molar-refractivity contribution in [2.75, 3.05) is 49.5 Å². The van der Waals surface area contributed by atoms with Crippen molar-refractivity contribution < 1.29 is 9.90 Å². The molecule has 0 atom stereocenters. The second-order valence-corrected chi connectivity index (χ2v) is 9.54. The van der Waals surface area contributed by atoms with Gasteiger partial charge in [-0.25, -0.2) is 9.97 Å². The summed E-state index contributed by atoms with van der Waals surface area (Å²) in [6, 6.07) is 15.5. The zero-order valence-electron chi connectivity index (χ0n) is 18.9. The number of β-amino-alcohol motifs (C(OH)–C–C–N with tert-alkyl or cyclic N) is 1. The van der Waals surface area contributed by atoms with Crippen molar-refractivity contribution >= 4 is 39.7 Å². The minimum atomic E-state index is -0.305. The van der Waals surface area contributed by atoms with Gasteiger partial charge in [0.15, 0.2) is 5.13 Å². The predicted octanol–water partition coefficient (Wildman–Crippen LogP) is 4.22. The number of nitrogens with zero attached hydrogens (tertiary/aromatic N) is 4. The number of thiazole rings is 1. The molecule has 0 spiro atoms. The molecule has 0 unspecified atom stereocenters. The van der Waals surface area contributed by atoms with Crippen LogP contribution in [0.4, 0.5) is 10.8 Å². The first kappa shape index (κ1) is 23.5. The number of aromatic nitrogens is 3. The van der Waals surface area contributed by atoms with Gasteiger partial charge in [0.05, 0.1) is 6.61 Å². The van der Waals surface area contributed by atoms with Crippen LogP contribution >= 0.6 is 22.9 Å². The lowest BCUT2D eigenvalue weighted by molar-refractivity contribution is 0.102. The third kappa shape index (κ3) is 5.38. The van der Waals surface area contributed by atoms with Gasteiger partial charge in [-0.05, 0) is 36.4 Å². The van der Waals surface area contributed by atoms with E-state index in [1.54, 1.807) is 18.3 Å². The SMILES string of the molecule is O=C(Nc1nccs1)c1[nH]c(-c2ccc(N3CCN(CCO)CC3)cc2)nc1-c1ccc(Cl)cc1. The number of imidazole rings is 1. The molecule has 3 heterocycles. The molecular weight excluding hydrogens is 484 g/mol. The van der Waals surface area contributed by atoms with Crippen LogP contribution in [0, 0.1) is 0 Å². The summed E-state index contributed by atoms with van der Waals surface area (Å²) in [5.74, 6) is 0.305. The van der Waals surface area contributed by atoms with Crippen molar-refractivity contribution in [1.82, 2.24) is 19.9 Å². The third-order valence-corrected chi connectivity index (χ3v) is 6.94. The van der Waals surface area contributed by atoms with E-state index in [0.29, 0.717) is 27.4 Å². The number of aliphatic hydroxyl groups excluding tert-OH is 1. The van der Waals surface area contributed by atoms with Crippen LogP contribution < -0.4 is 10.2 Å². The van der Waals surface area contributed by atoms with Crippen molar-refractivity contribution in [3.63, 3.8) is 0 Å². The van der Waals surface area contributed by atoms with E-state index in [9.17, 15) is 4.79 Å². The molecule has 0 bridgehead atoms. The van der Waals surface area contributed by atoms with E-state index in [-0.39, 0.29) is 12.5 Å². The molecule has 1 amide bonds. The molecule has 4 aromatic rings. The molecule has 8 nitrogen and oxygen atoms in total. The van der Waals surface area contributed by atoms with Gasteiger partial charge in [-0.15, -0.1) is 11.3 Å². The fourth-order valence-corrected chi connectivity index (χ4v) is 4.79. The van der Waals surface area contributed by atoms with Gasteiger partial charge >= 0.3 is 0 Å². The summed E-state index contributed by atoms with van der Waals surface area (Å²) >= 11 is 7.42. The number of H-pyrrole nitrogens is 1. The molecule has 1 aliphatic rings. The van der Waals surface area contributed by atoms with Gasteiger partial charge in [0, 0.05) is 66.1 Å². The molecule has 0 aliphatic carbocycles. The first-order valence-corrected chi connectivity index (χ1v) is 12.6. The van der Waals surface area contributed by atoms with Gasteiger partial charge in [0.25, 0.3) is 5.91 Å². The maximum atomic E-state index is 13.1. The van der Waals surface area contributed by atoms with E-state index < -0.39 is 0 Å². The first-order valence-electron chi connectivity index (χ1n) is 11.4. The molecule has 0 radical (unpaired) electrons. The molecule has 35 heavy (non-hydrogen) atoms. The molecule has 1 saturated heterocycles. The Hall–Kier alpha value is -3.24. The summed E-state index contributed by atoms with van der Waals surface area (Å²) in [5.41, 5.74) is 3.73. The standard InChI is InChI=1S/C25H25ClN6O2S/c26-19-5-1-17(2-6-19)21-22(24(34)30-25-27-9-16-35-25)29-23(28-21)18-3-7-20(8-4-18)32-12-10-31(11-13-32)14-15-33/h1-9,16,33H,10-15H2,(H,28,29)(H,27,30,34). The molecular formula is C25H25ClN6O2S. The summed E-state index contributed by atoms with van der Waals surface area (Å²) in [4.78, 5) is 29.8. The second-order valence-electron chi connectivity index (χ2n) is 8.21. The number of rotatable bonds is 7. The maximum absolute atomic E-state index is 13.1. The zero-order chi connectivity index (χ0) is 24.2. The Morgan fingerprint density at radius 2 is 1.77 bits per heavy atom. The number of aromatic amines is 1. The van der Waals surface area contributed by atoms with E-state index >= 15 is 0 Å². The highest BCUT2D eigenvalue weighted by molar-refractivity contribution is 7.13. The van der Waals surface area contributed by atoms with Crippen molar-refractivity contribution in [2.45, 2.75) is 0 Å². The van der Waals surface area contributed by atoms with Crippen LogP contribution in [-0.4, -0.2) is 70.2 Å². The predicted molar refractivity (Wildman–Crippen MR) is 140 cm³/mol. The molecule has 10 heteroatoms. The quantitative estimate of drug-likeness (QED) is 0.346. The van der Waals surface area contributed by atoms with Crippen molar-refractivity contribution in [2.24, 2.45) is 0 Å². The molecule has 5 rings (SSSR count). The Kier molecular flexibility index (Phi) is 7.10. The summed E-state index contributed by atoms with van der Waals surface area (Å²) in [7, 11) is 0. The highest BCUT2D eigenvalue weighted by Gasteiger charge is 2.21.